The van der Waals surface area contributed by atoms with Gasteiger partial charge < -0.3 is 4.18 Å². The van der Waals surface area contributed by atoms with Crippen molar-refractivity contribution in [2.75, 3.05) is 12.9 Å². The van der Waals surface area contributed by atoms with Crippen molar-refractivity contribution in [1.82, 2.24) is 0 Å². The third kappa shape index (κ3) is 4.17. The molecule has 1 nitrogen and oxygen atoms in total. The SMILES string of the molecule is CSOCCCc1cc(C)c(Br)c(C)c1. The second-order valence-electron chi connectivity index (χ2n) is 3.64. The molecule has 0 unspecified atom stereocenters. The molecule has 0 fully saturated rings. The molecule has 0 N–H and O–H groups in total. The molecule has 0 heterocycles. The molecule has 0 aromatic heterocycles. The van der Waals surface area contributed by atoms with E-state index in [9.17, 15) is 0 Å². The topological polar surface area (TPSA) is 9.23 Å². The zero-order valence-electron chi connectivity index (χ0n) is 9.47. The van der Waals surface area contributed by atoms with Crippen LogP contribution in [-0.2, 0) is 10.6 Å². The number of hydrogen-bond acceptors (Lipinski definition) is 2. The highest BCUT2D eigenvalue weighted by Gasteiger charge is 2.02. The summed E-state index contributed by atoms with van der Waals surface area (Å²) in [7, 11) is 0. The minimum atomic E-state index is 0.829. The molecule has 0 amide bonds. The first kappa shape index (κ1) is 13.1. The van der Waals surface area contributed by atoms with Gasteiger partial charge in [-0.3, -0.25) is 0 Å². The molecular formula is C12H17BrOS. The van der Waals surface area contributed by atoms with Gasteiger partial charge in [-0.25, -0.2) is 0 Å². The molecule has 0 aliphatic carbocycles. The lowest BCUT2D eigenvalue weighted by molar-refractivity contribution is 0.366. The fourth-order valence-electron chi connectivity index (χ4n) is 1.60. The molecule has 0 aliphatic heterocycles. The Bertz CT molecular complexity index is 302. The minimum absolute atomic E-state index is 0.829. The van der Waals surface area contributed by atoms with E-state index in [0.717, 1.165) is 19.4 Å². The van der Waals surface area contributed by atoms with Gasteiger partial charge >= 0.3 is 0 Å². The quantitative estimate of drug-likeness (QED) is 0.590. The maximum absolute atomic E-state index is 5.25. The Morgan fingerprint density at radius 2 is 1.87 bits per heavy atom. The fourth-order valence-corrected chi connectivity index (χ4v) is 2.11. The van der Waals surface area contributed by atoms with Crippen LogP contribution in [0.4, 0.5) is 0 Å². The first-order valence-corrected chi connectivity index (χ1v) is 7.00. The van der Waals surface area contributed by atoms with Gasteiger partial charge in [0.05, 0.1) is 6.61 Å². The molecule has 0 atom stereocenters. The van der Waals surface area contributed by atoms with Crippen molar-refractivity contribution in [3.63, 3.8) is 0 Å². The molecule has 15 heavy (non-hydrogen) atoms. The Morgan fingerprint density at radius 1 is 1.27 bits per heavy atom. The Kier molecular flexibility index (Phi) is 5.72. The lowest BCUT2D eigenvalue weighted by Crippen LogP contribution is -1.94. The van der Waals surface area contributed by atoms with E-state index in [2.05, 4.69) is 41.9 Å². The smallest absolute Gasteiger partial charge is 0.0616 e. The third-order valence-corrected chi connectivity index (χ3v) is 3.96. The lowest BCUT2D eigenvalue weighted by Gasteiger charge is -2.07. The van der Waals surface area contributed by atoms with Gasteiger partial charge in [-0.2, -0.15) is 0 Å². The van der Waals surface area contributed by atoms with Crippen LogP contribution in [0.2, 0.25) is 0 Å². The molecule has 0 radical (unpaired) electrons. The van der Waals surface area contributed by atoms with Crippen molar-refractivity contribution >= 4 is 28.0 Å². The molecule has 1 aromatic carbocycles. The summed E-state index contributed by atoms with van der Waals surface area (Å²) in [5.41, 5.74) is 4.03. The summed E-state index contributed by atoms with van der Waals surface area (Å²) in [6.07, 6.45) is 4.13. The predicted molar refractivity (Wildman–Crippen MR) is 71.4 cm³/mol. The maximum Gasteiger partial charge on any atom is 0.0616 e. The van der Waals surface area contributed by atoms with Gasteiger partial charge in [0, 0.05) is 10.7 Å². The molecule has 0 aliphatic rings. The second kappa shape index (κ2) is 6.56. The Hall–Kier alpha value is 0.01000. The Labute approximate surface area is 105 Å². The van der Waals surface area contributed by atoms with E-state index in [1.54, 1.807) is 0 Å². The Balaban J connectivity index is 2.55. The summed E-state index contributed by atoms with van der Waals surface area (Å²) in [5, 5.41) is 0. The van der Waals surface area contributed by atoms with Crippen molar-refractivity contribution in [2.24, 2.45) is 0 Å². The average molecular weight is 289 g/mol. The summed E-state index contributed by atoms with van der Waals surface area (Å²) in [6.45, 7) is 5.10. The summed E-state index contributed by atoms with van der Waals surface area (Å²) < 4.78 is 6.48. The molecule has 1 aromatic rings. The molecule has 0 spiro atoms. The highest BCUT2D eigenvalue weighted by atomic mass is 79.9. The van der Waals surface area contributed by atoms with Crippen LogP contribution >= 0.6 is 28.0 Å². The van der Waals surface area contributed by atoms with Crippen molar-refractivity contribution in [3.8, 4) is 0 Å². The number of rotatable bonds is 5. The first-order chi connectivity index (χ1) is 7.15. The number of aryl methyl sites for hydroxylation is 3. The summed E-state index contributed by atoms with van der Waals surface area (Å²) >= 11 is 5.02. The molecule has 3 heteroatoms. The van der Waals surface area contributed by atoms with Crippen LogP contribution in [-0.4, -0.2) is 12.9 Å². The highest BCUT2D eigenvalue weighted by Crippen LogP contribution is 2.23. The van der Waals surface area contributed by atoms with E-state index in [0.29, 0.717) is 0 Å². The maximum atomic E-state index is 5.25. The van der Waals surface area contributed by atoms with Gasteiger partial charge in [-0.15, -0.1) is 0 Å². The minimum Gasteiger partial charge on any atom is -0.316 e. The van der Waals surface area contributed by atoms with Crippen LogP contribution in [0.25, 0.3) is 0 Å². The number of halogens is 1. The summed E-state index contributed by atoms with van der Waals surface area (Å²) in [5.74, 6) is 0. The Morgan fingerprint density at radius 3 is 2.40 bits per heavy atom. The monoisotopic (exact) mass is 288 g/mol. The van der Waals surface area contributed by atoms with Crippen molar-refractivity contribution in [1.29, 1.82) is 0 Å². The van der Waals surface area contributed by atoms with E-state index in [1.165, 1.54) is 33.2 Å². The summed E-state index contributed by atoms with van der Waals surface area (Å²) in [6, 6.07) is 4.49. The van der Waals surface area contributed by atoms with Gasteiger partial charge in [0.2, 0.25) is 0 Å². The molecular weight excluding hydrogens is 272 g/mol. The molecule has 84 valence electrons. The van der Waals surface area contributed by atoms with Crippen LogP contribution in [0.15, 0.2) is 16.6 Å². The number of hydrogen-bond donors (Lipinski definition) is 0. The molecule has 0 saturated carbocycles. The van der Waals surface area contributed by atoms with Crippen LogP contribution in [0.1, 0.15) is 23.1 Å². The van der Waals surface area contributed by atoms with E-state index in [4.69, 9.17) is 4.18 Å². The van der Waals surface area contributed by atoms with Gasteiger partial charge in [-0.05, 0) is 55.4 Å². The second-order valence-corrected chi connectivity index (χ2v) is 5.00. The van der Waals surface area contributed by atoms with Gasteiger partial charge in [0.1, 0.15) is 0 Å². The number of benzene rings is 1. The van der Waals surface area contributed by atoms with Crippen LogP contribution in [0, 0.1) is 13.8 Å². The van der Waals surface area contributed by atoms with Crippen molar-refractivity contribution < 1.29 is 4.18 Å². The van der Waals surface area contributed by atoms with Gasteiger partial charge in [0.25, 0.3) is 0 Å². The lowest BCUT2D eigenvalue weighted by atomic mass is 10.0. The van der Waals surface area contributed by atoms with E-state index in [-0.39, 0.29) is 0 Å². The first-order valence-electron chi connectivity index (χ1n) is 5.06. The standard InChI is InChI=1S/C12H17BrOS/c1-9-7-11(5-4-6-14-15-3)8-10(2)12(9)13/h7-8H,4-6H2,1-3H3. The fraction of sp³-hybridized carbons (Fsp3) is 0.500. The molecule has 0 bridgehead atoms. The molecule has 0 saturated heterocycles. The van der Waals surface area contributed by atoms with E-state index < -0.39 is 0 Å². The highest BCUT2D eigenvalue weighted by molar-refractivity contribution is 9.10. The largest absolute Gasteiger partial charge is 0.316 e. The molecule has 1 rings (SSSR count). The van der Waals surface area contributed by atoms with Gasteiger partial charge in [-0.1, -0.05) is 28.1 Å². The predicted octanol–water partition coefficient (Wildman–Crippen LogP) is 4.29. The van der Waals surface area contributed by atoms with E-state index >= 15 is 0 Å². The van der Waals surface area contributed by atoms with Crippen molar-refractivity contribution in [2.45, 2.75) is 26.7 Å². The zero-order chi connectivity index (χ0) is 11.3. The van der Waals surface area contributed by atoms with Gasteiger partial charge in [0.15, 0.2) is 0 Å². The normalized spacial score (nSPS) is 10.7. The zero-order valence-corrected chi connectivity index (χ0v) is 11.9. The van der Waals surface area contributed by atoms with Crippen LogP contribution in [0.5, 0.6) is 0 Å². The van der Waals surface area contributed by atoms with Crippen LogP contribution < -0.4 is 0 Å². The third-order valence-electron chi connectivity index (χ3n) is 2.31. The summed E-state index contributed by atoms with van der Waals surface area (Å²) in [4.78, 5) is 0. The van der Waals surface area contributed by atoms with Crippen LogP contribution in [0.3, 0.4) is 0 Å². The van der Waals surface area contributed by atoms with Crippen molar-refractivity contribution in [3.05, 3.63) is 33.3 Å². The average Bonchev–Trinajstić information content (AvgIpc) is 2.21. The van der Waals surface area contributed by atoms with E-state index in [1.807, 2.05) is 6.26 Å².